The van der Waals surface area contributed by atoms with Crippen LogP contribution in [-0.2, 0) is 6.54 Å². The van der Waals surface area contributed by atoms with E-state index in [2.05, 4.69) is 59.9 Å². The molecule has 0 bridgehead atoms. The Hall–Kier alpha value is -3.76. The van der Waals surface area contributed by atoms with Crippen LogP contribution in [0.1, 0.15) is 16.1 Å². The average molecular weight is 432 g/mol. The van der Waals surface area contributed by atoms with Crippen LogP contribution in [0.4, 0.5) is 17.2 Å². The van der Waals surface area contributed by atoms with E-state index in [-0.39, 0.29) is 5.91 Å². The molecule has 164 valence electrons. The second-order valence-electron chi connectivity index (χ2n) is 7.95. The van der Waals surface area contributed by atoms with Gasteiger partial charge in [-0.05, 0) is 30.8 Å². The molecular formula is C22H25N9O. The third-order valence-electron chi connectivity index (χ3n) is 5.63. The molecule has 1 aliphatic rings. The van der Waals surface area contributed by atoms with Crippen molar-refractivity contribution in [2.45, 2.75) is 6.54 Å². The molecule has 1 saturated heterocycles. The highest BCUT2D eigenvalue weighted by molar-refractivity contribution is 6.06. The van der Waals surface area contributed by atoms with Crippen LogP contribution in [0, 0.1) is 0 Å². The van der Waals surface area contributed by atoms with E-state index in [1.165, 1.54) is 5.56 Å². The molecule has 1 aliphatic heterocycles. The third kappa shape index (κ3) is 4.32. The van der Waals surface area contributed by atoms with Crippen LogP contribution >= 0.6 is 0 Å². The number of amides is 1. The van der Waals surface area contributed by atoms with Gasteiger partial charge in [-0.1, -0.05) is 12.1 Å². The second kappa shape index (κ2) is 8.77. The van der Waals surface area contributed by atoms with E-state index in [1.807, 2.05) is 18.2 Å². The first kappa shape index (κ1) is 20.2. The monoisotopic (exact) mass is 431 g/mol. The molecule has 4 aromatic rings. The number of hydrogen-bond acceptors (Lipinski definition) is 7. The Morgan fingerprint density at radius 1 is 1.06 bits per heavy atom. The predicted octanol–water partition coefficient (Wildman–Crippen LogP) is 2.20. The van der Waals surface area contributed by atoms with E-state index in [1.54, 1.807) is 29.2 Å². The van der Waals surface area contributed by atoms with Gasteiger partial charge in [0.1, 0.15) is 11.5 Å². The number of piperazine rings is 1. The zero-order chi connectivity index (χ0) is 21.9. The molecule has 1 amide bonds. The topological polar surface area (TPSA) is 106 Å². The third-order valence-corrected chi connectivity index (χ3v) is 5.63. The number of rotatable bonds is 6. The van der Waals surface area contributed by atoms with Gasteiger partial charge in [0.15, 0.2) is 5.65 Å². The molecule has 0 unspecified atom stereocenters. The minimum absolute atomic E-state index is 0.275. The van der Waals surface area contributed by atoms with Gasteiger partial charge < -0.3 is 15.5 Å². The maximum atomic E-state index is 12.9. The summed E-state index contributed by atoms with van der Waals surface area (Å²) in [7, 11) is 2.16. The normalized spacial score (nSPS) is 15.2. The summed E-state index contributed by atoms with van der Waals surface area (Å²) in [5, 5.41) is 17.2. The summed E-state index contributed by atoms with van der Waals surface area (Å²) >= 11 is 0. The number of benzene rings is 1. The van der Waals surface area contributed by atoms with Gasteiger partial charge in [-0.25, -0.2) is 4.98 Å². The Kier molecular flexibility index (Phi) is 5.53. The molecular weight excluding hydrogens is 406 g/mol. The largest absolute Gasteiger partial charge is 0.337 e. The van der Waals surface area contributed by atoms with Crippen LogP contribution in [0.15, 0.2) is 55.0 Å². The molecule has 4 heterocycles. The molecule has 3 aromatic heterocycles. The zero-order valence-electron chi connectivity index (χ0n) is 17.8. The number of carbonyl (C=O) groups excluding carboxylic acids is 1. The summed E-state index contributed by atoms with van der Waals surface area (Å²) in [5.41, 5.74) is 3.57. The molecule has 0 radical (unpaired) electrons. The van der Waals surface area contributed by atoms with Crippen molar-refractivity contribution < 1.29 is 4.79 Å². The molecule has 0 spiro atoms. The molecule has 1 fully saturated rings. The number of nitrogens with one attached hydrogen (secondary N) is 3. The van der Waals surface area contributed by atoms with Crippen molar-refractivity contribution in [2.75, 3.05) is 43.9 Å². The lowest BCUT2D eigenvalue weighted by Crippen LogP contribution is -2.43. The van der Waals surface area contributed by atoms with Gasteiger partial charge in [0.25, 0.3) is 5.91 Å². The fourth-order valence-corrected chi connectivity index (χ4v) is 3.77. The number of aromatic amines is 1. The van der Waals surface area contributed by atoms with E-state index < -0.39 is 0 Å². The first-order valence-corrected chi connectivity index (χ1v) is 10.6. The van der Waals surface area contributed by atoms with Gasteiger partial charge in [-0.2, -0.15) is 14.7 Å². The van der Waals surface area contributed by atoms with Crippen LogP contribution in [0.25, 0.3) is 5.65 Å². The molecule has 10 nitrogen and oxygen atoms in total. The number of aromatic nitrogens is 5. The molecule has 1 aromatic carbocycles. The van der Waals surface area contributed by atoms with Gasteiger partial charge >= 0.3 is 0 Å². The summed E-state index contributed by atoms with van der Waals surface area (Å²) < 4.78 is 1.66. The number of H-pyrrole nitrogens is 1. The Morgan fingerprint density at radius 2 is 1.88 bits per heavy atom. The second-order valence-corrected chi connectivity index (χ2v) is 7.95. The lowest BCUT2D eigenvalue weighted by molar-refractivity contribution is 0.102. The highest BCUT2D eigenvalue weighted by atomic mass is 16.2. The van der Waals surface area contributed by atoms with Crippen LogP contribution in [0.3, 0.4) is 0 Å². The van der Waals surface area contributed by atoms with Crippen molar-refractivity contribution in [2.24, 2.45) is 0 Å². The fourth-order valence-electron chi connectivity index (χ4n) is 3.77. The molecule has 10 heteroatoms. The van der Waals surface area contributed by atoms with Crippen molar-refractivity contribution in [3.8, 4) is 0 Å². The van der Waals surface area contributed by atoms with Gasteiger partial charge in [0.05, 0.1) is 18.1 Å². The van der Waals surface area contributed by atoms with Crippen molar-refractivity contribution in [1.29, 1.82) is 0 Å². The Morgan fingerprint density at radius 3 is 2.69 bits per heavy atom. The van der Waals surface area contributed by atoms with Gasteiger partial charge in [0, 0.05) is 50.7 Å². The molecule has 3 N–H and O–H groups in total. The van der Waals surface area contributed by atoms with Gasteiger partial charge in [-0.3, -0.25) is 14.8 Å². The predicted molar refractivity (Wildman–Crippen MR) is 122 cm³/mol. The lowest BCUT2D eigenvalue weighted by Gasteiger charge is -2.32. The van der Waals surface area contributed by atoms with Crippen LogP contribution < -0.4 is 10.6 Å². The molecule has 32 heavy (non-hydrogen) atoms. The lowest BCUT2D eigenvalue weighted by atomic mass is 10.1. The van der Waals surface area contributed by atoms with E-state index >= 15 is 0 Å². The number of anilines is 3. The minimum atomic E-state index is -0.275. The number of carbonyl (C=O) groups is 1. The summed E-state index contributed by atoms with van der Waals surface area (Å²) in [6, 6.07) is 11.6. The molecule has 5 rings (SSSR count). The number of nitrogens with zero attached hydrogens (tertiary/aromatic N) is 6. The van der Waals surface area contributed by atoms with Crippen molar-refractivity contribution >= 4 is 28.7 Å². The summed E-state index contributed by atoms with van der Waals surface area (Å²) in [5.74, 6) is 0.409. The highest BCUT2D eigenvalue weighted by Gasteiger charge is 2.16. The van der Waals surface area contributed by atoms with Crippen molar-refractivity contribution in [1.82, 2.24) is 34.6 Å². The van der Waals surface area contributed by atoms with E-state index in [9.17, 15) is 4.79 Å². The van der Waals surface area contributed by atoms with Gasteiger partial charge in [0.2, 0.25) is 0 Å². The quantitative estimate of drug-likeness (QED) is 0.430. The standard InChI is InChI=1S/C22H25N9O/c1-29-10-12-30(13-11-29)15-16-2-4-17(5-3-16)26-22(32)21-18(14-24-28-21)27-20-6-8-23-19-7-9-25-31(19)20/h2-9,14,27H,10-13,15H2,1H3,(H,24,28)(H,26,32). The molecule has 0 atom stereocenters. The highest BCUT2D eigenvalue weighted by Crippen LogP contribution is 2.21. The first-order chi connectivity index (χ1) is 15.7. The van der Waals surface area contributed by atoms with Crippen LogP contribution in [0.5, 0.6) is 0 Å². The average Bonchev–Trinajstić information content (AvgIpc) is 3.47. The molecule has 0 aliphatic carbocycles. The van der Waals surface area contributed by atoms with Crippen molar-refractivity contribution in [3.05, 3.63) is 66.2 Å². The van der Waals surface area contributed by atoms with Crippen LogP contribution in [0.2, 0.25) is 0 Å². The summed E-state index contributed by atoms with van der Waals surface area (Å²) in [4.78, 5) is 21.9. The summed E-state index contributed by atoms with van der Waals surface area (Å²) in [6.07, 6.45) is 4.93. The Labute approximate surface area is 185 Å². The van der Waals surface area contributed by atoms with Crippen molar-refractivity contribution in [3.63, 3.8) is 0 Å². The minimum Gasteiger partial charge on any atom is -0.337 e. The Bertz CT molecular complexity index is 1210. The number of likely N-dealkylation sites (N-methyl/N-ethyl adjacent to an activating group) is 1. The molecule has 0 saturated carbocycles. The number of fused-ring (bicyclic) bond motifs is 1. The Balaban J connectivity index is 1.24. The maximum absolute atomic E-state index is 12.9. The first-order valence-electron chi connectivity index (χ1n) is 10.6. The SMILES string of the molecule is CN1CCN(Cc2ccc(NC(=O)c3[nH]ncc3Nc3ccnc4ccnn34)cc2)CC1. The van der Waals surface area contributed by atoms with E-state index in [0.717, 1.165) is 38.4 Å². The number of hydrogen-bond donors (Lipinski definition) is 3. The van der Waals surface area contributed by atoms with E-state index in [0.29, 0.717) is 22.8 Å². The maximum Gasteiger partial charge on any atom is 0.275 e. The van der Waals surface area contributed by atoms with Gasteiger partial charge in [-0.15, -0.1) is 0 Å². The van der Waals surface area contributed by atoms with E-state index in [4.69, 9.17) is 0 Å². The fraction of sp³-hybridized carbons (Fsp3) is 0.273. The zero-order valence-corrected chi connectivity index (χ0v) is 17.8. The van der Waals surface area contributed by atoms with Crippen LogP contribution in [-0.4, -0.2) is 73.7 Å². The summed E-state index contributed by atoms with van der Waals surface area (Å²) in [6.45, 7) is 5.27. The smallest absolute Gasteiger partial charge is 0.275 e.